The lowest BCUT2D eigenvalue weighted by Gasteiger charge is -2.12. The Hall–Kier alpha value is -1.27. The maximum Gasteiger partial charge on any atom is 0.231 e. The number of benzene rings is 1. The van der Waals surface area contributed by atoms with Crippen LogP contribution in [0.25, 0.3) is 0 Å². The summed E-state index contributed by atoms with van der Waals surface area (Å²) in [6.45, 7) is 1.84. The third-order valence-electron chi connectivity index (χ3n) is 2.40. The van der Waals surface area contributed by atoms with E-state index in [0.717, 1.165) is 6.26 Å². The highest BCUT2D eigenvalue weighted by atomic mass is 32.2. The van der Waals surface area contributed by atoms with Gasteiger partial charge in [0.1, 0.15) is 0 Å². The predicted molar refractivity (Wildman–Crippen MR) is 58.3 cm³/mol. The first-order chi connectivity index (χ1) is 7.39. The zero-order chi connectivity index (χ0) is 11.9. The van der Waals surface area contributed by atoms with Gasteiger partial charge in [-0.05, 0) is 18.6 Å². The van der Waals surface area contributed by atoms with Gasteiger partial charge in [0, 0.05) is 18.4 Å². The SMILES string of the molecule is CC(N)c1cc2c(cc1S(C)(=O)=O)OCO2. The molecule has 0 fully saturated rings. The molecule has 2 N–H and O–H groups in total. The summed E-state index contributed by atoms with van der Waals surface area (Å²) in [6, 6.07) is 2.72. The Morgan fingerprint density at radius 2 is 1.88 bits per heavy atom. The summed E-state index contributed by atoms with van der Waals surface area (Å²) in [5.41, 5.74) is 6.29. The molecule has 1 unspecified atom stereocenters. The maximum absolute atomic E-state index is 11.6. The predicted octanol–water partition coefficient (Wildman–Crippen LogP) is 0.839. The van der Waals surface area contributed by atoms with Crippen LogP contribution in [-0.2, 0) is 9.84 Å². The molecular weight excluding hydrogens is 230 g/mol. The van der Waals surface area contributed by atoms with Crippen LogP contribution >= 0.6 is 0 Å². The van der Waals surface area contributed by atoms with E-state index in [1.807, 2.05) is 0 Å². The van der Waals surface area contributed by atoms with E-state index in [9.17, 15) is 8.42 Å². The lowest BCUT2D eigenvalue weighted by atomic mass is 10.1. The zero-order valence-electron chi connectivity index (χ0n) is 9.06. The molecule has 0 radical (unpaired) electrons. The third kappa shape index (κ3) is 1.85. The van der Waals surface area contributed by atoms with E-state index in [-0.39, 0.29) is 17.7 Å². The number of hydrogen-bond acceptors (Lipinski definition) is 5. The average Bonchev–Trinajstić information content (AvgIpc) is 2.60. The average molecular weight is 243 g/mol. The van der Waals surface area contributed by atoms with Gasteiger partial charge in [-0.1, -0.05) is 0 Å². The van der Waals surface area contributed by atoms with E-state index in [4.69, 9.17) is 15.2 Å². The molecule has 88 valence electrons. The summed E-state index contributed by atoms with van der Waals surface area (Å²) in [6.07, 6.45) is 1.15. The topological polar surface area (TPSA) is 78.6 Å². The van der Waals surface area contributed by atoms with Gasteiger partial charge in [-0.15, -0.1) is 0 Å². The van der Waals surface area contributed by atoms with Crippen LogP contribution in [0, 0.1) is 0 Å². The highest BCUT2D eigenvalue weighted by molar-refractivity contribution is 7.90. The molecule has 1 aliphatic heterocycles. The summed E-state index contributed by atoms with van der Waals surface area (Å²) in [4.78, 5) is 0.201. The lowest BCUT2D eigenvalue weighted by molar-refractivity contribution is 0.174. The Labute approximate surface area is 94.1 Å². The number of fused-ring (bicyclic) bond motifs is 1. The van der Waals surface area contributed by atoms with E-state index in [1.165, 1.54) is 6.07 Å². The van der Waals surface area contributed by atoms with E-state index in [2.05, 4.69) is 0 Å². The first-order valence-corrected chi connectivity index (χ1v) is 6.68. The van der Waals surface area contributed by atoms with Crippen LogP contribution in [0.1, 0.15) is 18.5 Å². The van der Waals surface area contributed by atoms with Crippen molar-refractivity contribution in [2.24, 2.45) is 5.73 Å². The van der Waals surface area contributed by atoms with Gasteiger partial charge in [0.15, 0.2) is 21.3 Å². The van der Waals surface area contributed by atoms with Gasteiger partial charge >= 0.3 is 0 Å². The minimum Gasteiger partial charge on any atom is -0.454 e. The molecule has 0 bridgehead atoms. The molecular formula is C10H13NO4S. The molecule has 0 aliphatic carbocycles. The number of hydrogen-bond donors (Lipinski definition) is 1. The van der Waals surface area contributed by atoms with Gasteiger partial charge in [-0.3, -0.25) is 0 Å². The van der Waals surface area contributed by atoms with Crippen LogP contribution in [0.5, 0.6) is 11.5 Å². The Balaban J connectivity index is 2.67. The van der Waals surface area contributed by atoms with Gasteiger partial charge in [0.05, 0.1) is 4.90 Å². The van der Waals surface area contributed by atoms with Crippen LogP contribution in [-0.4, -0.2) is 21.5 Å². The molecule has 0 aromatic heterocycles. The summed E-state index contributed by atoms with van der Waals surface area (Å²) < 4.78 is 33.5. The van der Waals surface area contributed by atoms with Crippen molar-refractivity contribution in [1.82, 2.24) is 0 Å². The number of sulfone groups is 1. The molecule has 0 saturated heterocycles. The Morgan fingerprint density at radius 3 is 2.38 bits per heavy atom. The smallest absolute Gasteiger partial charge is 0.231 e. The third-order valence-corrected chi connectivity index (χ3v) is 3.55. The second-order valence-electron chi connectivity index (χ2n) is 3.80. The molecule has 0 amide bonds. The molecule has 5 nitrogen and oxygen atoms in total. The number of ether oxygens (including phenoxy) is 2. The Kier molecular flexibility index (Phi) is 2.55. The van der Waals surface area contributed by atoms with Gasteiger partial charge in [-0.2, -0.15) is 0 Å². The molecule has 1 aromatic carbocycles. The van der Waals surface area contributed by atoms with E-state index < -0.39 is 9.84 Å². The molecule has 0 saturated carbocycles. The molecule has 1 atom stereocenters. The zero-order valence-corrected chi connectivity index (χ0v) is 9.87. The summed E-state index contributed by atoms with van der Waals surface area (Å²) in [7, 11) is -3.32. The minimum absolute atomic E-state index is 0.112. The van der Waals surface area contributed by atoms with Crippen molar-refractivity contribution in [2.45, 2.75) is 17.9 Å². The molecule has 2 rings (SSSR count). The fourth-order valence-corrected chi connectivity index (χ4v) is 2.61. The van der Waals surface area contributed by atoms with Crippen LogP contribution in [0.3, 0.4) is 0 Å². The van der Waals surface area contributed by atoms with Gasteiger partial charge in [0.25, 0.3) is 0 Å². The first kappa shape index (κ1) is 11.2. The van der Waals surface area contributed by atoms with Crippen molar-refractivity contribution in [1.29, 1.82) is 0 Å². The van der Waals surface area contributed by atoms with Gasteiger partial charge < -0.3 is 15.2 Å². The normalized spacial score (nSPS) is 16.2. The number of nitrogens with two attached hydrogens (primary N) is 1. The molecule has 6 heteroatoms. The van der Waals surface area contributed by atoms with Crippen molar-refractivity contribution in [2.75, 3.05) is 13.0 Å². The van der Waals surface area contributed by atoms with Crippen LogP contribution in [0.15, 0.2) is 17.0 Å². The highest BCUT2D eigenvalue weighted by Gasteiger charge is 2.23. The summed E-state index contributed by atoms with van der Waals surface area (Å²) in [5, 5.41) is 0. The van der Waals surface area contributed by atoms with Crippen molar-refractivity contribution in [3.8, 4) is 11.5 Å². The van der Waals surface area contributed by atoms with E-state index in [1.54, 1.807) is 13.0 Å². The van der Waals surface area contributed by atoms with Crippen LogP contribution < -0.4 is 15.2 Å². The van der Waals surface area contributed by atoms with Gasteiger partial charge in [-0.25, -0.2) is 8.42 Å². The second kappa shape index (κ2) is 3.64. The maximum atomic E-state index is 11.6. The van der Waals surface area contributed by atoms with Crippen molar-refractivity contribution in [3.63, 3.8) is 0 Å². The quantitative estimate of drug-likeness (QED) is 0.832. The largest absolute Gasteiger partial charge is 0.454 e. The summed E-state index contributed by atoms with van der Waals surface area (Å²) >= 11 is 0. The highest BCUT2D eigenvalue weighted by Crippen LogP contribution is 2.37. The fourth-order valence-electron chi connectivity index (χ4n) is 1.62. The molecule has 1 aromatic rings. The van der Waals surface area contributed by atoms with Crippen molar-refractivity contribution >= 4 is 9.84 Å². The van der Waals surface area contributed by atoms with Crippen LogP contribution in [0.2, 0.25) is 0 Å². The minimum atomic E-state index is -3.32. The fraction of sp³-hybridized carbons (Fsp3) is 0.400. The molecule has 1 aliphatic rings. The molecule has 1 heterocycles. The van der Waals surface area contributed by atoms with Crippen molar-refractivity contribution < 1.29 is 17.9 Å². The standard InChI is InChI=1S/C10H13NO4S/c1-6(11)7-3-8-9(15-5-14-8)4-10(7)16(2,12)13/h3-4,6H,5,11H2,1-2H3. The lowest BCUT2D eigenvalue weighted by Crippen LogP contribution is -2.11. The van der Waals surface area contributed by atoms with E-state index >= 15 is 0 Å². The summed E-state index contributed by atoms with van der Waals surface area (Å²) in [5.74, 6) is 0.990. The second-order valence-corrected chi connectivity index (χ2v) is 5.79. The van der Waals surface area contributed by atoms with E-state index in [0.29, 0.717) is 17.1 Å². The molecule has 0 spiro atoms. The number of rotatable bonds is 2. The van der Waals surface area contributed by atoms with Gasteiger partial charge in [0.2, 0.25) is 6.79 Å². The monoisotopic (exact) mass is 243 g/mol. The van der Waals surface area contributed by atoms with Crippen LogP contribution in [0.4, 0.5) is 0 Å². The van der Waals surface area contributed by atoms with Crippen molar-refractivity contribution in [3.05, 3.63) is 17.7 Å². The first-order valence-electron chi connectivity index (χ1n) is 4.79. The Bertz CT molecular complexity index is 522. The molecule has 16 heavy (non-hydrogen) atoms. The Morgan fingerprint density at radius 1 is 1.31 bits per heavy atom.